The molecule has 3 rings (SSSR count). The number of rotatable bonds is 7. The molecule has 0 bridgehead atoms. The number of imidazole rings is 1. The first-order valence-electron chi connectivity index (χ1n) is 8.86. The van der Waals surface area contributed by atoms with E-state index < -0.39 is 0 Å². The zero-order chi connectivity index (χ0) is 17.8. The van der Waals surface area contributed by atoms with E-state index in [1.54, 1.807) is 13.3 Å². The Hall–Kier alpha value is -2.49. The number of hydrogen-bond donors (Lipinski definition) is 0. The molecule has 0 atom stereocenters. The van der Waals surface area contributed by atoms with Crippen molar-refractivity contribution in [2.75, 3.05) is 13.7 Å². The molecule has 0 N–H and O–H groups in total. The van der Waals surface area contributed by atoms with Crippen LogP contribution in [0, 0.1) is 0 Å². The standard InChI is InChI=1S/C21H26N2O2/c1-5-16-6-7-17-12-18(15(2)3)20(24-4)13-19(17)21(16)25-11-10-23-9-8-22-14-23/h6-9,12-15H,5,10-11H2,1-4H3. The average Bonchev–Trinajstić information content (AvgIpc) is 3.14. The van der Waals surface area contributed by atoms with Crippen molar-refractivity contribution in [3.05, 3.63) is 54.1 Å². The van der Waals surface area contributed by atoms with Crippen molar-refractivity contribution in [2.24, 2.45) is 0 Å². The summed E-state index contributed by atoms with van der Waals surface area (Å²) in [6.07, 6.45) is 6.48. The molecule has 3 aromatic rings. The number of methoxy groups -OCH3 is 1. The minimum atomic E-state index is 0.413. The van der Waals surface area contributed by atoms with Crippen molar-refractivity contribution >= 4 is 10.8 Å². The van der Waals surface area contributed by atoms with Gasteiger partial charge in [0.05, 0.1) is 20.0 Å². The van der Waals surface area contributed by atoms with Gasteiger partial charge in [0.15, 0.2) is 0 Å². The fourth-order valence-electron chi connectivity index (χ4n) is 3.14. The third-order valence-electron chi connectivity index (χ3n) is 4.56. The van der Waals surface area contributed by atoms with Gasteiger partial charge in [-0.15, -0.1) is 0 Å². The van der Waals surface area contributed by atoms with Crippen LogP contribution in [0.3, 0.4) is 0 Å². The lowest BCUT2D eigenvalue weighted by Gasteiger charge is -2.18. The molecular weight excluding hydrogens is 312 g/mol. The van der Waals surface area contributed by atoms with Crippen molar-refractivity contribution in [2.45, 2.75) is 39.7 Å². The quantitative estimate of drug-likeness (QED) is 0.620. The summed E-state index contributed by atoms with van der Waals surface area (Å²) in [7, 11) is 1.73. The number of aromatic nitrogens is 2. The van der Waals surface area contributed by atoms with Crippen LogP contribution in [0.2, 0.25) is 0 Å². The first-order chi connectivity index (χ1) is 12.1. The summed E-state index contributed by atoms with van der Waals surface area (Å²) >= 11 is 0. The smallest absolute Gasteiger partial charge is 0.130 e. The Bertz CT molecular complexity index is 839. The number of ether oxygens (including phenoxy) is 2. The molecule has 132 valence electrons. The Labute approximate surface area is 149 Å². The third-order valence-corrected chi connectivity index (χ3v) is 4.56. The SMILES string of the molecule is CCc1ccc2cc(C(C)C)c(OC)cc2c1OCCn1ccnc1. The second kappa shape index (κ2) is 7.60. The molecule has 0 saturated heterocycles. The van der Waals surface area contributed by atoms with Crippen LogP contribution < -0.4 is 9.47 Å². The molecule has 2 aromatic carbocycles. The highest BCUT2D eigenvalue weighted by Crippen LogP contribution is 2.37. The van der Waals surface area contributed by atoms with Crippen LogP contribution in [-0.4, -0.2) is 23.3 Å². The van der Waals surface area contributed by atoms with Gasteiger partial charge in [0.2, 0.25) is 0 Å². The number of nitrogens with zero attached hydrogens (tertiary/aromatic N) is 2. The van der Waals surface area contributed by atoms with Gasteiger partial charge in [-0.05, 0) is 41.0 Å². The fraction of sp³-hybridized carbons (Fsp3) is 0.381. The molecule has 4 nitrogen and oxygen atoms in total. The molecule has 25 heavy (non-hydrogen) atoms. The Kier molecular flexibility index (Phi) is 5.27. The van der Waals surface area contributed by atoms with Crippen molar-refractivity contribution in [1.82, 2.24) is 9.55 Å². The van der Waals surface area contributed by atoms with Gasteiger partial charge in [0, 0.05) is 17.8 Å². The van der Waals surface area contributed by atoms with Gasteiger partial charge in [-0.2, -0.15) is 0 Å². The van der Waals surface area contributed by atoms with Gasteiger partial charge in [0.1, 0.15) is 18.1 Å². The lowest BCUT2D eigenvalue weighted by Crippen LogP contribution is -2.08. The predicted octanol–water partition coefficient (Wildman–Crippen LogP) is 4.81. The highest BCUT2D eigenvalue weighted by atomic mass is 16.5. The molecule has 0 saturated carbocycles. The summed E-state index contributed by atoms with van der Waals surface area (Å²) in [4.78, 5) is 4.07. The van der Waals surface area contributed by atoms with E-state index in [0.29, 0.717) is 12.5 Å². The van der Waals surface area contributed by atoms with Gasteiger partial charge in [0.25, 0.3) is 0 Å². The van der Waals surface area contributed by atoms with E-state index in [9.17, 15) is 0 Å². The van der Waals surface area contributed by atoms with E-state index in [1.807, 2.05) is 17.1 Å². The predicted molar refractivity (Wildman–Crippen MR) is 102 cm³/mol. The molecule has 0 aliphatic rings. The van der Waals surface area contributed by atoms with Crippen molar-refractivity contribution in [3.8, 4) is 11.5 Å². The zero-order valence-electron chi connectivity index (χ0n) is 15.5. The zero-order valence-corrected chi connectivity index (χ0v) is 15.5. The molecule has 0 aliphatic heterocycles. The highest BCUT2D eigenvalue weighted by Gasteiger charge is 2.14. The molecular formula is C21H26N2O2. The monoisotopic (exact) mass is 338 g/mol. The summed E-state index contributed by atoms with van der Waals surface area (Å²) < 4.78 is 13.9. The van der Waals surface area contributed by atoms with E-state index >= 15 is 0 Å². The maximum atomic E-state index is 6.21. The van der Waals surface area contributed by atoms with Crippen LogP contribution in [0.1, 0.15) is 37.8 Å². The van der Waals surface area contributed by atoms with Crippen molar-refractivity contribution in [1.29, 1.82) is 0 Å². The Balaban J connectivity index is 1.98. The summed E-state index contributed by atoms with van der Waals surface area (Å²) in [5.74, 6) is 2.31. The van der Waals surface area contributed by atoms with Crippen LogP contribution in [0.25, 0.3) is 10.8 Å². The fourth-order valence-corrected chi connectivity index (χ4v) is 3.14. The molecule has 0 radical (unpaired) electrons. The van der Waals surface area contributed by atoms with E-state index in [1.165, 1.54) is 16.5 Å². The largest absolute Gasteiger partial charge is 0.496 e. The van der Waals surface area contributed by atoms with E-state index in [2.05, 4.69) is 50.0 Å². The summed E-state index contributed by atoms with van der Waals surface area (Å²) in [6, 6.07) is 8.70. The second-order valence-electron chi connectivity index (χ2n) is 6.53. The van der Waals surface area contributed by atoms with Crippen molar-refractivity contribution < 1.29 is 9.47 Å². The second-order valence-corrected chi connectivity index (χ2v) is 6.53. The molecule has 0 unspecified atom stereocenters. The number of hydrogen-bond acceptors (Lipinski definition) is 3. The normalized spacial score (nSPS) is 11.2. The van der Waals surface area contributed by atoms with E-state index in [4.69, 9.17) is 9.47 Å². The number of fused-ring (bicyclic) bond motifs is 1. The first kappa shape index (κ1) is 17.3. The van der Waals surface area contributed by atoms with Gasteiger partial charge >= 0.3 is 0 Å². The Morgan fingerprint density at radius 1 is 1.20 bits per heavy atom. The molecule has 0 aliphatic carbocycles. The van der Waals surface area contributed by atoms with E-state index in [0.717, 1.165) is 29.9 Å². The van der Waals surface area contributed by atoms with Gasteiger partial charge in [-0.3, -0.25) is 0 Å². The van der Waals surface area contributed by atoms with Gasteiger partial charge < -0.3 is 14.0 Å². The van der Waals surface area contributed by atoms with E-state index in [-0.39, 0.29) is 0 Å². The number of aryl methyl sites for hydroxylation is 1. The van der Waals surface area contributed by atoms with Crippen LogP contribution in [0.5, 0.6) is 11.5 Å². The topological polar surface area (TPSA) is 36.3 Å². The minimum Gasteiger partial charge on any atom is -0.496 e. The minimum absolute atomic E-state index is 0.413. The van der Waals surface area contributed by atoms with Crippen LogP contribution >= 0.6 is 0 Å². The lowest BCUT2D eigenvalue weighted by atomic mass is 9.96. The van der Waals surface area contributed by atoms with Crippen LogP contribution in [0.4, 0.5) is 0 Å². The molecule has 0 fully saturated rings. The van der Waals surface area contributed by atoms with Crippen LogP contribution in [0.15, 0.2) is 43.0 Å². The third kappa shape index (κ3) is 3.63. The summed E-state index contributed by atoms with van der Waals surface area (Å²) in [5.41, 5.74) is 2.45. The number of benzene rings is 2. The van der Waals surface area contributed by atoms with Crippen LogP contribution in [-0.2, 0) is 13.0 Å². The first-order valence-corrected chi connectivity index (χ1v) is 8.86. The maximum absolute atomic E-state index is 6.21. The lowest BCUT2D eigenvalue weighted by molar-refractivity contribution is 0.299. The summed E-state index contributed by atoms with van der Waals surface area (Å²) in [5, 5.41) is 2.31. The van der Waals surface area contributed by atoms with Gasteiger partial charge in [-0.1, -0.05) is 32.9 Å². The van der Waals surface area contributed by atoms with Crippen molar-refractivity contribution in [3.63, 3.8) is 0 Å². The highest BCUT2D eigenvalue weighted by molar-refractivity contribution is 5.91. The Morgan fingerprint density at radius 2 is 2.04 bits per heavy atom. The molecule has 1 aromatic heterocycles. The summed E-state index contributed by atoms with van der Waals surface area (Å²) in [6.45, 7) is 7.92. The molecule has 4 heteroatoms. The Morgan fingerprint density at radius 3 is 2.68 bits per heavy atom. The molecule has 1 heterocycles. The maximum Gasteiger partial charge on any atom is 0.130 e. The average molecular weight is 338 g/mol. The molecule has 0 spiro atoms. The molecule has 0 amide bonds. The van der Waals surface area contributed by atoms with Gasteiger partial charge in [-0.25, -0.2) is 4.98 Å².